The van der Waals surface area contributed by atoms with E-state index in [4.69, 9.17) is 9.97 Å². The molecule has 2 aliphatic rings. The van der Waals surface area contributed by atoms with E-state index in [1.54, 1.807) is 7.05 Å². The Kier molecular flexibility index (Phi) is 5.74. The third-order valence-electron chi connectivity index (χ3n) is 5.74. The number of amides is 2. The van der Waals surface area contributed by atoms with Gasteiger partial charge >= 0.3 is 0 Å². The molecule has 1 saturated heterocycles. The van der Waals surface area contributed by atoms with Gasteiger partial charge in [-0.2, -0.15) is 0 Å². The topological polar surface area (TPSA) is 87.2 Å². The van der Waals surface area contributed by atoms with Gasteiger partial charge in [0.15, 0.2) is 5.82 Å². The van der Waals surface area contributed by atoms with E-state index in [2.05, 4.69) is 15.5 Å². The van der Waals surface area contributed by atoms with Crippen LogP contribution in [0.5, 0.6) is 0 Å². The second-order valence-corrected chi connectivity index (χ2v) is 7.69. The van der Waals surface area contributed by atoms with Gasteiger partial charge < -0.3 is 15.5 Å². The average molecular weight is 393 g/mol. The second kappa shape index (κ2) is 8.59. The number of anilines is 1. The Bertz CT molecular complexity index is 900. The van der Waals surface area contributed by atoms with E-state index in [1.807, 2.05) is 30.3 Å². The summed E-state index contributed by atoms with van der Waals surface area (Å²) in [6.07, 6.45) is 4.82. The number of nitrogens with zero attached hydrogens (tertiary/aromatic N) is 3. The first-order valence-corrected chi connectivity index (χ1v) is 10.3. The normalized spacial score (nSPS) is 18.2. The molecule has 7 heteroatoms. The second-order valence-electron chi connectivity index (χ2n) is 7.69. The number of rotatable bonds is 5. The van der Waals surface area contributed by atoms with Crippen LogP contribution in [0.15, 0.2) is 30.3 Å². The van der Waals surface area contributed by atoms with Gasteiger partial charge in [0.05, 0.1) is 12.5 Å². The number of carbonyl (C=O) groups is 2. The van der Waals surface area contributed by atoms with E-state index in [9.17, 15) is 9.59 Å². The highest BCUT2D eigenvalue weighted by Crippen LogP contribution is 2.33. The highest BCUT2D eigenvalue weighted by atomic mass is 16.2. The molecule has 1 aliphatic heterocycles. The first kappa shape index (κ1) is 19.4. The lowest BCUT2D eigenvalue weighted by Gasteiger charge is -2.34. The number of aromatic nitrogens is 2. The molecule has 0 spiro atoms. The smallest absolute Gasteiger partial charge is 0.239 e. The summed E-state index contributed by atoms with van der Waals surface area (Å²) in [5, 5.41) is 5.28. The van der Waals surface area contributed by atoms with Gasteiger partial charge in [0.2, 0.25) is 11.8 Å². The fourth-order valence-corrected chi connectivity index (χ4v) is 4.17. The van der Waals surface area contributed by atoms with Gasteiger partial charge in [-0.05, 0) is 32.1 Å². The lowest BCUT2D eigenvalue weighted by molar-refractivity contribution is -0.128. The first-order valence-electron chi connectivity index (χ1n) is 10.3. The molecule has 1 aromatic carbocycles. The number of hydrogen-bond donors (Lipinski definition) is 2. The zero-order valence-electron chi connectivity index (χ0n) is 16.8. The van der Waals surface area contributed by atoms with Crippen LogP contribution in [0.4, 0.5) is 5.82 Å². The number of hydrogen-bond acceptors (Lipinski definition) is 5. The molecule has 29 heavy (non-hydrogen) atoms. The fourth-order valence-electron chi connectivity index (χ4n) is 4.17. The van der Waals surface area contributed by atoms with Crippen LogP contribution >= 0.6 is 0 Å². The molecule has 1 aliphatic carbocycles. The number of aryl methyl sites for hydroxylation is 1. The van der Waals surface area contributed by atoms with Crippen LogP contribution in [0.2, 0.25) is 0 Å². The number of fused-ring (bicyclic) bond motifs is 1. The van der Waals surface area contributed by atoms with Crippen LogP contribution in [0, 0.1) is 5.92 Å². The van der Waals surface area contributed by atoms with E-state index in [1.165, 1.54) is 5.56 Å². The summed E-state index contributed by atoms with van der Waals surface area (Å²) in [7, 11) is 1.57. The van der Waals surface area contributed by atoms with E-state index >= 15 is 0 Å². The minimum absolute atomic E-state index is 0.0207. The molecule has 7 nitrogen and oxygen atoms in total. The predicted octanol–water partition coefficient (Wildman–Crippen LogP) is 1.71. The molecular formula is C22H27N5O2. The summed E-state index contributed by atoms with van der Waals surface area (Å²) in [6, 6.07) is 10.1. The highest BCUT2D eigenvalue weighted by Gasteiger charge is 2.30. The minimum Gasteiger partial charge on any atom is -0.358 e. The molecule has 0 saturated carbocycles. The van der Waals surface area contributed by atoms with Crippen LogP contribution in [-0.4, -0.2) is 48.5 Å². The summed E-state index contributed by atoms with van der Waals surface area (Å²) < 4.78 is 0. The van der Waals surface area contributed by atoms with Gasteiger partial charge in [0.1, 0.15) is 5.82 Å². The van der Waals surface area contributed by atoms with Gasteiger partial charge in [-0.3, -0.25) is 9.59 Å². The van der Waals surface area contributed by atoms with Crippen LogP contribution in [-0.2, 0) is 22.4 Å². The zero-order valence-corrected chi connectivity index (χ0v) is 16.8. The van der Waals surface area contributed by atoms with Crippen LogP contribution in [0.25, 0.3) is 11.4 Å². The third-order valence-corrected chi connectivity index (χ3v) is 5.74. The van der Waals surface area contributed by atoms with Crippen molar-refractivity contribution in [1.82, 2.24) is 20.6 Å². The van der Waals surface area contributed by atoms with Gasteiger partial charge in [-0.15, -0.1) is 0 Å². The van der Waals surface area contributed by atoms with Crippen molar-refractivity contribution < 1.29 is 9.59 Å². The number of piperidine rings is 1. The monoisotopic (exact) mass is 393 g/mol. The van der Waals surface area contributed by atoms with Crippen molar-refractivity contribution in [2.75, 3.05) is 31.6 Å². The largest absolute Gasteiger partial charge is 0.358 e. The van der Waals surface area contributed by atoms with Crippen molar-refractivity contribution in [3.8, 4) is 11.4 Å². The lowest BCUT2D eigenvalue weighted by atomic mass is 9.96. The molecule has 152 valence electrons. The predicted molar refractivity (Wildman–Crippen MR) is 112 cm³/mol. The average Bonchev–Trinajstić information content (AvgIpc) is 3.26. The van der Waals surface area contributed by atoms with Gasteiger partial charge in [-0.25, -0.2) is 9.97 Å². The summed E-state index contributed by atoms with van der Waals surface area (Å²) >= 11 is 0. The van der Waals surface area contributed by atoms with Crippen LogP contribution in [0.1, 0.15) is 30.5 Å². The van der Waals surface area contributed by atoms with E-state index in [-0.39, 0.29) is 24.3 Å². The molecule has 0 unspecified atom stereocenters. The zero-order chi connectivity index (χ0) is 20.2. The fraction of sp³-hybridized carbons (Fsp3) is 0.455. The van der Waals surface area contributed by atoms with Crippen molar-refractivity contribution in [1.29, 1.82) is 0 Å². The van der Waals surface area contributed by atoms with Crippen LogP contribution in [0.3, 0.4) is 0 Å². The molecule has 2 aromatic rings. The van der Waals surface area contributed by atoms with E-state index in [0.29, 0.717) is 6.54 Å². The molecule has 2 N–H and O–H groups in total. The Hall–Kier alpha value is -2.96. The third kappa shape index (κ3) is 4.23. The Morgan fingerprint density at radius 3 is 2.76 bits per heavy atom. The number of benzene rings is 1. The highest BCUT2D eigenvalue weighted by molar-refractivity contribution is 5.86. The van der Waals surface area contributed by atoms with Crippen molar-refractivity contribution in [3.63, 3.8) is 0 Å². The Balaban J connectivity index is 1.56. The van der Waals surface area contributed by atoms with Crippen molar-refractivity contribution in [2.24, 2.45) is 5.92 Å². The summed E-state index contributed by atoms with van der Waals surface area (Å²) in [5.74, 6) is 1.35. The Morgan fingerprint density at radius 1 is 1.14 bits per heavy atom. The molecular weight excluding hydrogens is 366 g/mol. The SMILES string of the molecule is CNC(=O)CNC(=O)[C@H]1CCCN(c2nc(-c3ccccc3)nc3c2CCC3)C1. The van der Waals surface area contributed by atoms with Crippen molar-refractivity contribution >= 4 is 17.6 Å². The molecule has 0 bridgehead atoms. The van der Waals surface area contributed by atoms with Crippen molar-refractivity contribution in [2.45, 2.75) is 32.1 Å². The molecule has 4 rings (SSSR count). The van der Waals surface area contributed by atoms with Gasteiger partial charge in [0.25, 0.3) is 0 Å². The molecule has 0 radical (unpaired) electrons. The molecule has 2 heterocycles. The number of likely N-dealkylation sites (N-methyl/N-ethyl adjacent to an activating group) is 1. The maximum atomic E-state index is 12.6. The number of carbonyl (C=O) groups excluding carboxylic acids is 2. The molecule has 1 atom stereocenters. The van der Waals surface area contributed by atoms with Gasteiger partial charge in [0, 0.05) is 37.0 Å². The summed E-state index contributed by atoms with van der Waals surface area (Å²) in [5.41, 5.74) is 3.39. The summed E-state index contributed by atoms with van der Waals surface area (Å²) in [6.45, 7) is 1.53. The quantitative estimate of drug-likeness (QED) is 0.808. The maximum Gasteiger partial charge on any atom is 0.239 e. The van der Waals surface area contributed by atoms with E-state index in [0.717, 1.165) is 61.5 Å². The maximum absolute atomic E-state index is 12.6. The van der Waals surface area contributed by atoms with Crippen molar-refractivity contribution in [3.05, 3.63) is 41.6 Å². The first-order chi connectivity index (χ1) is 14.2. The standard InChI is InChI=1S/C22H27N5O2/c1-23-19(28)13-24-22(29)16-9-6-12-27(14-16)21-17-10-5-11-18(17)25-20(26-21)15-7-3-2-4-8-15/h2-4,7-8,16H,5-6,9-14H2,1H3,(H,23,28)(H,24,29)/t16-/m0/s1. The van der Waals surface area contributed by atoms with E-state index < -0.39 is 0 Å². The number of nitrogens with one attached hydrogen (secondary N) is 2. The Labute approximate surface area is 170 Å². The molecule has 1 fully saturated rings. The lowest BCUT2D eigenvalue weighted by Crippen LogP contribution is -2.45. The van der Waals surface area contributed by atoms with Crippen LogP contribution < -0.4 is 15.5 Å². The summed E-state index contributed by atoms with van der Waals surface area (Å²) in [4.78, 5) is 36.0. The molecule has 1 aromatic heterocycles. The molecule has 2 amide bonds. The Morgan fingerprint density at radius 2 is 1.97 bits per heavy atom. The van der Waals surface area contributed by atoms with Gasteiger partial charge in [-0.1, -0.05) is 30.3 Å². The minimum atomic E-state index is -0.188.